The predicted octanol–water partition coefficient (Wildman–Crippen LogP) is 1.01. The number of carbonyl (C=O) groups excluding carboxylic acids is 1. The van der Waals surface area contributed by atoms with Crippen LogP contribution in [0.4, 0.5) is 0 Å². The highest BCUT2D eigenvalue weighted by molar-refractivity contribution is 5.85. The van der Waals surface area contributed by atoms with E-state index in [2.05, 4.69) is 12.2 Å². The van der Waals surface area contributed by atoms with Gasteiger partial charge in [-0.2, -0.15) is 0 Å². The third-order valence-electron chi connectivity index (χ3n) is 4.14. The van der Waals surface area contributed by atoms with Crippen molar-refractivity contribution in [3.8, 4) is 0 Å². The van der Waals surface area contributed by atoms with Crippen molar-refractivity contribution in [3.63, 3.8) is 0 Å². The Balaban J connectivity index is 2.05. The van der Waals surface area contributed by atoms with Crippen LogP contribution in [0.2, 0.25) is 0 Å². The molecule has 2 rings (SSSR count). The summed E-state index contributed by atoms with van der Waals surface area (Å²) >= 11 is 0. The van der Waals surface area contributed by atoms with Gasteiger partial charge in [0.2, 0.25) is 0 Å². The van der Waals surface area contributed by atoms with Crippen molar-refractivity contribution in [2.75, 3.05) is 33.3 Å². The zero-order valence-electron chi connectivity index (χ0n) is 11.0. The van der Waals surface area contributed by atoms with Gasteiger partial charge in [0.15, 0.2) is 0 Å². The average molecular weight is 240 g/mol. The maximum absolute atomic E-state index is 12.6. The van der Waals surface area contributed by atoms with Gasteiger partial charge in [0, 0.05) is 20.2 Å². The number of nitrogens with zero attached hydrogens (tertiary/aromatic N) is 1. The van der Waals surface area contributed by atoms with Crippen molar-refractivity contribution < 1.29 is 9.53 Å². The van der Waals surface area contributed by atoms with E-state index in [0.717, 1.165) is 45.4 Å². The third-order valence-corrected chi connectivity index (χ3v) is 4.14. The number of carbonyl (C=O) groups is 1. The number of likely N-dealkylation sites (tertiary alicyclic amines) is 1. The summed E-state index contributed by atoms with van der Waals surface area (Å²) in [7, 11) is 1.68. The Morgan fingerprint density at radius 2 is 2.12 bits per heavy atom. The van der Waals surface area contributed by atoms with E-state index in [4.69, 9.17) is 4.74 Å². The molecule has 98 valence electrons. The van der Waals surface area contributed by atoms with Crippen molar-refractivity contribution in [1.29, 1.82) is 0 Å². The number of methoxy groups -OCH3 is 1. The van der Waals surface area contributed by atoms with Crippen LogP contribution in [0, 0.1) is 5.92 Å². The van der Waals surface area contributed by atoms with E-state index in [1.807, 2.05) is 4.90 Å². The van der Waals surface area contributed by atoms with E-state index >= 15 is 0 Å². The molecule has 2 fully saturated rings. The molecule has 1 atom stereocenters. The maximum Gasteiger partial charge on any atom is 0.254 e. The minimum atomic E-state index is -0.553. The first-order valence-corrected chi connectivity index (χ1v) is 6.73. The predicted molar refractivity (Wildman–Crippen MR) is 66.8 cm³/mol. The van der Waals surface area contributed by atoms with Gasteiger partial charge in [0.1, 0.15) is 5.60 Å². The van der Waals surface area contributed by atoms with Crippen LogP contribution in [0.1, 0.15) is 32.6 Å². The molecule has 2 saturated heterocycles. The molecule has 0 aromatic carbocycles. The molecule has 2 aliphatic heterocycles. The highest BCUT2D eigenvalue weighted by Gasteiger charge is 2.42. The molecular formula is C13H24N2O2. The van der Waals surface area contributed by atoms with Gasteiger partial charge in [0.25, 0.3) is 5.91 Å². The summed E-state index contributed by atoms with van der Waals surface area (Å²) in [6, 6.07) is 0. The van der Waals surface area contributed by atoms with E-state index < -0.39 is 5.60 Å². The molecule has 0 aromatic heterocycles. The van der Waals surface area contributed by atoms with Crippen molar-refractivity contribution >= 4 is 5.91 Å². The number of ether oxygens (including phenoxy) is 1. The van der Waals surface area contributed by atoms with E-state index in [1.54, 1.807) is 7.11 Å². The van der Waals surface area contributed by atoms with Crippen molar-refractivity contribution in [2.24, 2.45) is 5.92 Å². The summed E-state index contributed by atoms with van der Waals surface area (Å²) in [6.45, 7) is 5.78. The first kappa shape index (κ1) is 12.8. The van der Waals surface area contributed by atoms with Gasteiger partial charge in [-0.25, -0.2) is 0 Å². The molecule has 0 radical (unpaired) electrons. The number of hydrogen-bond acceptors (Lipinski definition) is 3. The number of amides is 1. The van der Waals surface area contributed by atoms with Gasteiger partial charge in [-0.3, -0.25) is 4.79 Å². The molecule has 0 aromatic rings. The Kier molecular flexibility index (Phi) is 4.05. The fourth-order valence-electron chi connectivity index (χ4n) is 3.00. The molecule has 1 amide bonds. The lowest BCUT2D eigenvalue weighted by Crippen LogP contribution is -2.56. The normalized spacial score (nSPS) is 29.1. The average Bonchev–Trinajstić information content (AvgIpc) is 2.38. The lowest BCUT2D eigenvalue weighted by molar-refractivity contribution is -0.160. The zero-order chi connectivity index (χ0) is 12.3. The van der Waals surface area contributed by atoms with Gasteiger partial charge in [-0.15, -0.1) is 0 Å². The van der Waals surface area contributed by atoms with Gasteiger partial charge < -0.3 is 15.0 Å². The summed E-state index contributed by atoms with van der Waals surface area (Å²) in [5, 5.41) is 3.29. The van der Waals surface area contributed by atoms with Gasteiger partial charge in [-0.1, -0.05) is 6.92 Å². The van der Waals surface area contributed by atoms with Crippen LogP contribution in [-0.2, 0) is 9.53 Å². The van der Waals surface area contributed by atoms with Crippen LogP contribution < -0.4 is 5.32 Å². The van der Waals surface area contributed by atoms with Gasteiger partial charge in [-0.05, 0) is 44.7 Å². The summed E-state index contributed by atoms with van der Waals surface area (Å²) in [6.07, 6.45) is 3.97. The molecule has 2 heterocycles. The number of hydrogen-bond donors (Lipinski definition) is 1. The Morgan fingerprint density at radius 1 is 1.41 bits per heavy atom. The van der Waals surface area contributed by atoms with E-state index in [1.165, 1.54) is 6.42 Å². The van der Waals surface area contributed by atoms with Crippen LogP contribution in [0.25, 0.3) is 0 Å². The molecule has 0 spiro atoms. The first-order chi connectivity index (χ1) is 8.18. The van der Waals surface area contributed by atoms with Crippen molar-refractivity contribution in [2.45, 2.75) is 38.2 Å². The molecule has 4 heteroatoms. The van der Waals surface area contributed by atoms with Crippen LogP contribution in [0.15, 0.2) is 0 Å². The topological polar surface area (TPSA) is 41.6 Å². The molecule has 1 unspecified atom stereocenters. The standard InChI is InChI=1S/C13H24N2O2/c1-11-4-3-9-15(10-11)12(16)13(17-2)5-7-14-8-6-13/h11,14H,3-10H2,1-2H3. The van der Waals surface area contributed by atoms with Gasteiger partial charge in [0.05, 0.1) is 0 Å². The Morgan fingerprint density at radius 3 is 2.71 bits per heavy atom. The molecule has 0 aliphatic carbocycles. The Bertz CT molecular complexity index is 275. The largest absolute Gasteiger partial charge is 0.368 e. The third kappa shape index (κ3) is 2.63. The minimum Gasteiger partial charge on any atom is -0.368 e. The molecule has 2 aliphatic rings. The quantitative estimate of drug-likeness (QED) is 0.783. The van der Waals surface area contributed by atoms with E-state index in [9.17, 15) is 4.79 Å². The van der Waals surface area contributed by atoms with Crippen LogP contribution in [-0.4, -0.2) is 49.7 Å². The van der Waals surface area contributed by atoms with E-state index in [-0.39, 0.29) is 5.91 Å². The second kappa shape index (κ2) is 5.36. The fourth-order valence-corrected chi connectivity index (χ4v) is 3.00. The van der Waals surface area contributed by atoms with Crippen LogP contribution in [0.5, 0.6) is 0 Å². The van der Waals surface area contributed by atoms with Crippen LogP contribution >= 0.6 is 0 Å². The number of piperidine rings is 2. The highest BCUT2D eigenvalue weighted by atomic mass is 16.5. The minimum absolute atomic E-state index is 0.216. The fraction of sp³-hybridized carbons (Fsp3) is 0.923. The monoisotopic (exact) mass is 240 g/mol. The van der Waals surface area contributed by atoms with E-state index in [0.29, 0.717) is 5.92 Å². The summed E-state index contributed by atoms with van der Waals surface area (Å²) < 4.78 is 5.60. The molecule has 17 heavy (non-hydrogen) atoms. The second-order valence-electron chi connectivity index (χ2n) is 5.45. The number of nitrogens with one attached hydrogen (secondary N) is 1. The summed E-state index contributed by atoms with van der Waals surface area (Å²) in [4.78, 5) is 14.6. The maximum atomic E-state index is 12.6. The van der Waals surface area contributed by atoms with Crippen molar-refractivity contribution in [3.05, 3.63) is 0 Å². The summed E-state index contributed by atoms with van der Waals surface area (Å²) in [5.41, 5.74) is -0.553. The smallest absolute Gasteiger partial charge is 0.254 e. The van der Waals surface area contributed by atoms with Gasteiger partial charge >= 0.3 is 0 Å². The Labute approximate surface area is 104 Å². The Hall–Kier alpha value is -0.610. The summed E-state index contributed by atoms with van der Waals surface area (Å²) in [5.74, 6) is 0.844. The lowest BCUT2D eigenvalue weighted by atomic mass is 9.89. The molecule has 0 saturated carbocycles. The zero-order valence-corrected chi connectivity index (χ0v) is 11.0. The molecule has 1 N–H and O–H groups in total. The van der Waals surface area contributed by atoms with Crippen molar-refractivity contribution in [1.82, 2.24) is 10.2 Å². The SMILES string of the molecule is COC1(C(=O)N2CCCC(C)C2)CCNCC1. The number of rotatable bonds is 2. The molecule has 4 nitrogen and oxygen atoms in total. The van der Waals surface area contributed by atoms with Crippen LogP contribution in [0.3, 0.4) is 0 Å². The molecule has 0 bridgehead atoms. The highest BCUT2D eigenvalue weighted by Crippen LogP contribution is 2.27. The molecular weight excluding hydrogens is 216 g/mol. The first-order valence-electron chi connectivity index (χ1n) is 6.73. The lowest BCUT2D eigenvalue weighted by Gasteiger charge is -2.41. The second-order valence-corrected chi connectivity index (χ2v) is 5.45.